The predicted octanol–water partition coefficient (Wildman–Crippen LogP) is 2.87. The van der Waals surface area contributed by atoms with Crippen LogP contribution in [0.25, 0.3) is 0 Å². The fourth-order valence-electron chi connectivity index (χ4n) is 1.62. The quantitative estimate of drug-likeness (QED) is 0.564. The molecule has 0 rings (SSSR count). The largest absolute Gasteiger partial charge is 0.393 e. The fraction of sp³-hybridized carbons (Fsp3) is 1.00. The van der Waals surface area contributed by atoms with E-state index in [4.69, 9.17) is 0 Å². The van der Waals surface area contributed by atoms with Crippen molar-refractivity contribution < 1.29 is 10.2 Å². The molecule has 86 valence electrons. The van der Waals surface area contributed by atoms with Gasteiger partial charge in [0, 0.05) is 0 Å². The second kappa shape index (κ2) is 9.47. The summed E-state index contributed by atoms with van der Waals surface area (Å²) in [7, 11) is 0. The van der Waals surface area contributed by atoms with Crippen molar-refractivity contribution in [2.75, 3.05) is 0 Å². The number of aliphatic hydroxyl groups is 2. The molecule has 0 radical (unpaired) electrons. The minimum Gasteiger partial charge on any atom is -0.393 e. The second-order valence-electron chi connectivity index (χ2n) is 4.18. The smallest absolute Gasteiger partial charge is 0.0564 e. The van der Waals surface area contributed by atoms with Crippen molar-refractivity contribution in [1.82, 2.24) is 0 Å². The Morgan fingerprint density at radius 3 is 1.79 bits per heavy atom. The first-order valence-corrected chi connectivity index (χ1v) is 6.06. The van der Waals surface area contributed by atoms with Crippen LogP contribution in [0.2, 0.25) is 0 Å². The van der Waals surface area contributed by atoms with Crippen molar-refractivity contribution in [2.24, 2.45) is 0 Å². The molecule has 0 saturated heterocycles. The molecule has 2 nitrogen and oxygen atoms in total. The first-order valence-electron chi connectivity index (χ1n) is 6.06. The van der Waals surface area contributed by atoms with Gasteiger partial charge in [0.1, 0.15) is 0 Å². The van der Waals surface area contributed by atoms with Crippen LogP contribution in [0.1, 0.15) is 65.2 Å². The second-order valence-corrected chi connectivity index (χ2v) is 4.18. The zero-order valence-electron chi connectivity index (χ0n) is 9.71. The van der Waals surface area contributed by atoms with E-state index in [1.54, 1.807) is 0 Å². The van der Waals surface area contributed by atoms with E-state index < -0.39 is 0 Å². The topological polar surface area (TPSA) is 40.5 Å². The van der Waals surface area contributed by atoms with E-state index in [1.165, 1.54) is 12.8 Å². The SMILES string of the molecule is CCCCC[C@H](O)C[C@@H](O)CCCC. The minimum absolute atomic E-state index is 0.298. The summed E-state index contributed by atoms with van der Waals surface area (Å²) in [5.41, 5.74) is 0. The van der Waals surface area contributed by atoms with E-state index in [2.05, 4.69) is 13.8 Å². The summed E-state index contributed by atoms with van der Waals surface area (Å²) in [5, 5.41) is 19.1. The van der Waals surface area contributed by atoms with Crippen LogP contribution < -0.4 is 0 Å². The number of hydrogen-bond donors (Lipinski definition) is 2. The van der Waals surface area contributed by atoms with Gasteiger partial charge in [0.05, 0.1) is 12.2 Å². The third kappa shape index (κ3) is 8.52. The molecule has 0 aliphatic carbocycles. The monoisotopic (exact) mass is 202 g/mol. The highest BCUT2D eigenvalue weighted by Gasteiger charge is 2.10. The molecule has 0 aromatic carbocycles. The van der Waals surface area contributed by atoms with E-state index in [1.807, 2.05) is 0 Å². The normalized spacial score (nSPS) is 15.4. The molecule has 0 aliphatic rings. The molecule has 14 heavy (non-hydrogen) atoms. The maximum absolute atomic E-state index is 9.59. The van der Waals surface area contributed by atoms with Gasteiger partial charge in [0.2, 0.25) is 0 Å². The lowest BCUT2D eigenvalue weighted by atomic mass is 10.0. The number of aliphatic hydroxyl groups excluding tert-OH is 2. The fourth-order valence-corrected chi connectivity index (χ4v) is 1.62. The zero-order chi connectivity index (χ0) is 10.8. The van der Waals surface area contributed by atoms with Crippen molar-refractivity contribution in [1.29, 1.82) is 0 Å². The van der Waals surface area contributed by atoms with Crippen molar-refractivity contribution in [3.63, 3.8) is 0 Å². The van der Waals surface area contributed by atoms with Crippen LogP contribution in [0, 0.1) is 0 Å². The highest BCUT2D eigenvalue weighted by Crippen LogP contribution is 2.12. The molecular weight excluding hydrogens is 176 g/mol. The van der Waals surface area contributed by atoms with E-state index >= 15 is 0 Å². The standard InChI is InChI=1S/C12H26O2/c1-3-5-7-9-12(14)10-11(13)8-6-4-2/h11-14H,3-10H2,1-2H3/t11-,12-/m0/s1. The molecule has 2 atom stereocenters. The Kier molecular flexibility index (Phi) is 9.42. The van der Waals surface area contributed by atoms with Crippen LogP contribution in [-0.4, -0.2) is 22.4 Å². The van der Waals surface area contributed by atoms with Gasteiger partial charge in [0.25, 0.3) is 0 Å². The van der Waals surface area contributed by atoms with Crippen LogP contribution in [0.3, 0.4) is 0 Å². The molecule has 2 heteroatoms. The molecule has 0 aliphatic heterocycles. The Morgan fingerprint density at radius 1 is 0.786 bits per heavy atom. The van der Waals surface area contributed by atoms with Crippen molar-refractivity contribution in [3.05, 3.63) is 0 Å². The van der Waals surface area contributed by atoms with E-state index in [-0.39, 0.29) is 12.2 Å². The van der Waals surface area contributed by atoms with Gasteiger partial charge in [-0.05, 0) is 19.3 Å². The summed E-state index contributed by atoms with van der Waals surface area (Å²) in [4.78, 5) is 0. The maximum Gasteiger partial charge on any atom is 0.0564 e. The Morgan fingerprint density at radius 2 is 1.29 bits per heavy atom. The van der Waals surface area contributed by atoms with Gasteiger partial charge in [0.15, 0.2) is 0 Å². The molecule has 0 aromatic heterocycles. The summed E-state index contributed by atoms with van der Waals surface area (Å²) in [6.45, 7) is 4.27. The van der Waals surface area contributed by atoms with Crippen molar-refractivity contribution in [2.45, 2.75) is 77.4 Å². The highest BCUT2D eigenvalue weighted by atomic mass is 16.3. The summed E-state index contributed by atoms with van der Waals surface area (Å²) in [5.74, 6) is 0. The number of unbranched alkanes of at least 4 members (excludes halogenated alkanes) is 3. The molecule has 0 amide bonds. The van der Waals surface area contributed by atoms with Gasteiger partial charge < -0.3 is 10.2 Å². The molecule has 0 fully saturated rings. The van der Waals surface area contributed by atoms with Gasteiger partial charge in [-0.25, -0.2) is 0 Å². The van der Waals surface area contributed by atoms with E-state index in [9.17, 15) is 10.2 Å². The Bertz CT molecular complexity index is 115. The van der Waals surface area contributed by atoms with E-state index in [0.717, 1.165) is 32.1 Å². The summed E-state index contributed by atoms with van der Waals surface area (Å²) >= 11 is 0. The van der Waals surface area contributed by atoms with Crippen LogP contribution in [0.4, 0.5) is 0 Å². The summed E-state index contributed by atoms with van der Waals surface area (Å²) in [6, 6.07) is 0. The van der Waals surface area contributed by atoms with Crippen LogP contribution in [0.5, 0.6) is 0 Å². The molecule has 0 spiro atoms. The molecule has 0 heterocycles. The molecule has 2 N–H and O–H groups in total. The van der Waals surface area contributed by atoms with Gasteiger partial charge in [-0.15, -0.1) is 0 Å². The lowest BCUT2D eigenvalue weighted by molar-refractivity contribution is 0.0684. The van der Waals surface area contributed by atoms with Crippen molar-refractivity contribution >= 4 is 0 Å². The van der Waals surface area contributed by atoms with Gasteiger partial charge in [-0.3, -0.25) is 0 Å². The van der Waals surface area contributed by atoms with Crippen LogP contribution in [-0.2, 0) is 0 Å². The Labute approximate surface area is 88.3 Å². The van der Waals surface area contributed by atoms with Crippen LogP contribution in [0.15, 0.2) is 0 Å². The highest BCUT2D eigenvalue weighted by molar-refractivity contribution is 4.63. The van der Waals surface area contributed by atoms with Crippen LogP contribution >= 0.6 is 0 Å². The predicted molar refractivity (Wildman–Crippen MR) is 60.3 cm³/mol. The minimum atomic E-state index is -0.299. The molecule has 0 aromatic rings. The molecule has 0 unspecified atom stereocenters. The van der Waals surface area contributed by atoms with E-state index in [0.29, 0.717) is 6.42 Å². The summed E-state index contributed by atoms with van der Waals surface area (Å²) in [6.07, 6.45) is 7.26. The Hall–Kier alpha value is -0.0800. The van der Waals surface area contributed by atoms with Gasteiger partial charge in [-0.1, -0.05) is 46.0 Å². The van der Waals surface area contributed by atoms with Gasteiger partial charge in [-0.2, -0.15) is 0 Å². The molecule has 0 saturated carbocycles. The third-order valence-corrected chi connectivity index (χ3v) is 2.58. The van der Waals surface area contributed by atoms with Crippen molar-refractivity contribution in [3.8, 4) is 0 Å². The third-order valence-electron chi connectivity index (χ3n) is 2.58. The first kappa shape index (κ1) is 13.9. The average molecular weight is 202 g/mol. The molecule has 0 bridgehead atoms. The van der Waals surface area contributed by atoms with Gasteiger partial charge >= 0.3 is 0 Å². The Balaban J connectivity index is 3.35. The number of hydrogen-bond acceptors (Lipinski definition) is 2. The average Bonchev–Trinajstić information content (AvgIpc) is 2.15. The maximum atomic E-state index is 9.59. The lowest BCUT2D eigenvalue weighted by Gasteiger charge is -2.15. The number of rotatable bonds is 9. The lowest BCUT2D eigenvalue weighted by Crippen LogP contribution is -2.17. The zero-order valence-corrected chi connectivity index (χ0v) is 9.71. The summed E-state index contributed by atoms with van der Waals surface area (Å²) < 4.78 is 0. The molecular formula is C12H26O2. The first-order chi connectivity index (χ1) is 6.70.